The first-order valence-electron chi connectivity index (χ1n) is 26.7. The molecular weight excluding hydrogens is 955 g/mol. The number of ether oxygens (including phenoxy) is 3. The molecule has 3 aromatic carbocycles. The molecule has 0 saturated heterocycles. The maximum atomic E-state index is 14.7. The van der Waals surface area contributed by atoms with Gasteiger partial charge in [-0.25, -0.2) is 28.1 Å². The highest BCUT2D eigenvalue weighted by Crippen LogP contribution is 2.43. The maximum absolute atomic E-state index is 14.7. The average Bonchev–Trinajstić information content (AvgIpc) is 3.31. The largest absolute Gasteiger partial charge is 0.507 e. The van der Waals surface area contributed by atoms with Crippen LogP contribution in [-0.4, -0.2) is 46.9 Å². The van der Waals surface area contributed by atoms with E-state index in [4.69, 9.17) is 14.2 Å². The number of phenols is 3. The number of hydrogen-bond acceptors (Lipinski definition) is 12. The number of aromatic hydroxyl groups is 3. The van der Waals surface area contributed by atoms with Gasteiger partial charge in [-0.3, -0.25) is 14.4 Å². The normalized spacial score (nSPS) is 16.0. The standard InChI is InChI=1S/C60H87N3O12/c1-22-31(4)43-25-40(28-46(49(43)64)58(13,14)15)34(7)52(67)73-37(10)61-55(70)62(38(11)74-53(68)35(8)41-26-44(32(5)23-2)50(65)47(29-41)59(16,17)18)57(72)63(56(61)71)39(12)75-54(69)36(9)42-27-45(33(6)24-3)51(66)48(30-42)60(19,20)21/h25-39,64-66H,22-24H2,1-21H3. The van der Waals surface area contributed by atoms with Crippen LogP contribution in [0.25, 0.3) is 0 Å². The van der Waals surface area contributed by atoms with Crippen molar-refractivity contribution in [3.63, 3.8) is 0 Å². The molecule has 0 spiro atoms. The molecule has 3 N–H and O–H groups in total. The monoisotopic (exact) mass is 1040 g/mol. The number of carbonyl (C=O) groups is 3. The van der Waals surface area contributed by atoms with Gasteiger partial charge in [-0.15, -0.1) is 0 Å². The Kier molecular flexibility index (Phi) is 19.2. The molecule has 1 aromatic heterocycles. The van der Waals surface area contributed by atoms with Crippen LogP contribution in [0, 0.1) is 0 Å². The molecule has 15 heteroatoms. The van der Waals surface area contributed by atoms with E-state index in [2.05, 4.69) is 0 Å². The quantitative estimate of drug-likeness (QED) is 0.0629. The van der Waals surface area contributed by atoms with Gasteiger partial charge in [0.05, 0.1) is 17.8 Å². The molecule has 4 aromatic rings. The number of benzene rings is 3. The van der Waals surface area contributed by atoms with Gasteiger partial charge in [-0.1, -0.05) is 140 Å². The number of esters is 3. The van der Waals surface area contributed by atoms with E-state index in [1.54, 1.807) is 57.2 Å². The third-order valence-corrected chi connectivity index (χ3v) is 15.1. The van der Waals surface area contributed by atoms with Crippen LogP contribution < -0.4 is 17.1 Å². The fourth-order valence-corrected chi connectivity index (χ4v) is 9.20. The number of rotatable bonds is 18. The first kappa shape index (κ1) is 61.4. The van der Waals surface area contributed by atoms with Gasteiger partial charge in [0.1, 0.15) is 17.2 Å². The van der Waals surface area contributed by atoms with Gasteiger partial charge in [0.25, 0.3) is 0 Å². The minimum absolute atomic E-state index is 0.0574. The van der Waals surface area contributed by atoms with E-state index in [1.165, 1.54) is 20.8 Å². The van der Waals surface area contributed by atoms with Crippen LogP contribution in [0.5, 0.6) is 17.2 Å². The molecule has 0 radical (unpaired) electrons. The van der Waals surface area contributed by atoms with Crippen molar-refractivity contribution in [2.75, 3.05) is 0 Å². The van der Waals surface area contributed by atoms with Crippen LogP contribution in [-0.2, 0) is 44.8 Å². The van der Waals surface area contributed by atoms with E-state index in [0.717, 1.165) is 0 Å². The lowest BCUT2D eigenvalue weighted by Gasteiger charge is -2.28. The Morgan fingerprint density at radius 2 is 0.613 bits per heavy atom. The number of hydrogen-bond donors (Lipinski definition) is 3. The van der Waals surface area contributed by atoms with Gasteiger partial charge < -0.3 is 29.5 Å². The van der Waals surface area contributed by atoms with E-state index >= 15 is 0 Å². The van der Waals surface area contributed by atoms with E-state index in [-0.39, 0.29) is 35.0 Å². The number of phenolic OH excluding ortho intramolecular Hbond substituents is 3. The predicted octanol–water partition coefficient (Wildman–Crippen LogP) is 12.3. The van der Waals surface area contributed by atoms with Crippen molar-refractivity contribution >= 4 is 17.9 Å². The lowest BCUT2D eigenvalue weighted by Crippen LogP contribution is -2.57. The Morgan fingerprint density at radius 1 is 0.413 bits per heavy atom. The summed E-state index contributed by atoms with van der Waals surface area (Å²) < 4.78 is 19.4. The molecule has 0 aliphatic carbocycles. The van der Waals surface area contributed by atoms with E-state index in [0.29, 0.717) is 83.0 Å². The van der Waals surface area contributed by atoms with Crippen LogP contribution in [0.2, 0.25) is 0 Å². The van der Waals surface area contributed by atoms with Crippen LogP contribution in [0.3, 0.4) is 0 Å². The Labute approximate surface area is 444 Å². The summed E-state index contributed by atoms with van der Waals surface area (Å²) >= 11 is 0. The van der Waals surface area contributed by atoms with Crippen molar-refractivity contribution < 1.29 is 43.9 Å². The molecule has 0 amide bonds. The van der Waals surface area contributed by atoms with Crippen LogP contribution in [0.4, 0.5) is 0 Å². The van der Waals surface area contributed by atoms with Gasteiger partial charge in [0, 0.05) is 0 Å². The first-order valence-corrected chi connectivity index (χ1v) is 26.7. The third kappa shape index (κ3) is 13.1. The van der Waals surface area contributed by atoms with Crippen molar-refractivity contribution in [3.8, 4) is 17.2 Å². The number of carbonyl (C=O) groups excluding carboxylic acids is 3. The van der Waals surface area contributed by atoms with Gasteiger partial charge >= 0.3 is 35.0 Å². The zero-order valence-electron chi connectivity index (χ0n) is 48.6. The zero-order valence-corrected chi connectivity index (χ0v) is 48.6. The highest BCUT2D eigenvalue weighted by atomic mass is 16.6. The molecule has 9 atom stereocenters. The second kappa shape index (κ2) is 23.4. The van der Waals surface area contributed by atoms with Crippen LogP contribution in [0.1, 0.15) is 269 Å². The number of aromatic nitrogens is 3. The first-order chi connectivity index (χ1) is 34.5. The summed E-state index contributed by atoms with van der Waals surface area (Å²) in [5.41, 5.74) is 0.0758. The zero-order chi connectivity index (χ0) is 57.3. The second-order valence-corrected chi connectivity index (χ2v) is 23.9. The fraction of sp³-hybridized carbons (Fsp3) is 0.600. The van der Waals surface area contributed by atoms with Crippen molar-refractivity contribution in [3.05, 3.63) is 118 Å². The van der Waals surface area contributed by atoms with Crippen molar-refractivity contribution in [2.24, 2.45) is 0 Å². The molecule has 1 heterocycles. The van der Waals surface area contributed by atoms with E-state index in [9.17, 15) is 44.1 Å². The maximum Gasteiger partial charge on any atom is 0.342 e. The molecule has 414 valence electrons. The fourth-order valence-electron chi connectivity index (χ4n) is 9.20. The number of nitrogens with zero attached hydrogens (tertiary/aromatic N) is 3. The highest BCUT2D eigenvalue weighted by Gasteiger charge is 2.35. The topological polar surface area (TPSA) is 206 Å². The van der Waals surface area contributed by atoms with Gasteiger partial charge in [0.2, 0.25) is 0 Å². The molecule has 0 bridgehead atoms. The summed E-state index contributed by atoms with van der Waals surface area (Å²) in [6.45, 7) is 38.1. The predicted molar refractivity (Wildman–Crippen MR) is 293 cm³/mol. The smallest absolute Gasteiger partial charge is 0.342 e. The van der Waals surface area contributed by atoms with Crippen LogP contribution in [0.15, 0.2) is 50.8 Å². The third-order valence-electron chi connectivity index (χ3n) is 15.1. The molecule has 75 heavy (non-hydrogen) atoms. The lowest BCUT2D eigenvalue weighted by molar-refractivity contribution is -0.156. The molecule has 0 fully saturated rings. The van der Waals surface area contributed by atoms with Gasteiger partial charge in [-0.2, -0.15) is 0 Å². The molecule has 0 saturated carbocycles. The van der Waals surface area contributed by atoms with E-state index in [1.807, 2.05) is 104 Å². The summed E-state index contributed by atoms with van der Waals surface area (Å²) in [4.78, 5) is 86.7. The summed E-state index contributed by atoms with van der Waals surface area (Å²) in [7, 11) is 0. The molecule has 0 aliphatic heterocycles. The highest BCUT2D eigenvalue weighted by molar-refractivity contribution is 5.79. The Hall–Kier alpha value is -6.12. The SMILES string of the molecule is CCC(C)c1cc(C(C)C(=O)OC(C)n2c(=O)n(C(C)OC(=O)C(C)c3cc(C(C)CC)c(O)c(C(C)(C)C)c3)c(=O)n(C(C)OC(=O)C(C)c3cc(C(C)CC)c(O)c(C(C)(C)C)c3)c2=O)cc(C(C)(C)C)c1O. The van der Waals surface area contributed by atoms with Crippen molar-refractivity contribution in [1.82, 2.24) is 13.7 Å². The summed E-state index contributed by atoms with van der Waals surface area (Å²) in [6, 6.07) is 10.5. The Morgan fingerprint density at radius 3 is 0.787 bits per heavy atom. The molecular formula is C60H87N3O12. The molecule has 9 unspecified atom stereocenters. The van der Waals surface area contributed by atoms with Crippen LogP contribution >= 0.6 is 0 Å². The van der Waals surface area contributed by atoms with Crippen molar-refractivity contribution in [2.45, 2.75) is 235 Å². The van der Waals surface area contributed by atoms with E-state index < -0.39 is 87.7 Å². The van der Waals surface area contributed by atoms with Gasteiger partial charge in [0.15, 0.2) is 18.7 Å². The molecule has 15 nitrogen and oxygen atoms in total. The Balaban J connectivity index is 1.89. The minimum Gasteiger partial charge on any atom is -0.507 e. The second-order valence-electron chi connectivity index (χ2n) is 23.9. The molecule has 0 aliphatic rings. The van der Waals surface area contributed by atoms with Crippen molar-refractivity contribution in [1.29, 1.82) is 0 Å². The summed E-state index contributed by atoms with van der Waals surface area (Å²) in [5.74, 6) is -5.16. The summed E-state index contributed by atoms with van der Waals surface area (Å²) in [6.07, 6.45) is -2.88. The lowest BCUT2D eigenvalue weighted by atomic mass is 9.80. The van der Waals surface area contributed by atoms with Gasteiger partial charge in [-0.05, 0) is 145 Å². The Bertz CT molecular complexity index is 2600. The molecule has 4 rings (SSSR count). The minimum atomic E-state index is -1.67. The average molecular weight is 1040 g/mol. The summed E-state index contributed by atoms with van der Waals surface area (Å²) in [5, 5.41) is 34.1.